The summed E-state index contributed by atoms with van der Waals surface area (Å²) in [6, 6.07) is 9.79. The second kappa shape index (κ2) is 11.5. The summed E-state index contributed by atoms with van der Waals surface area (Å²) in [4.78, 5) is 35.3. The first-order valence-corrected chi connectivity index (χ1v) is 13.1. The second-order valence-corrected chi connectivity index (χ2v) is 9.83. The maximum absolute atomic E-state index is 13.2. The molecule has 3 N–H and O–H groups in total. The third-order valence-corrected chi connectivity index (χ3v) is 7.20. The van der Waals surface area contributed by atoms with Gasteiger partial charge in [0.25, 0.3) is 5.91 Å². The normalized spacial score (nSPS) is 15.4. The summed E-state index contributed by atoms with van der Waals surface area (Å²) in [5.41, 5.74) is 7.65. The third kappa shape index (κ3) is 5.62. The number of hydrogen-bond donors (Lipinski definition) is 2. The molecule has 0 aliphatic carbocycles. The summed E-state index contributed by atoms with van der Waals surface area (Å²) in [6.45, 7) is 4.75. The maximum Gasteiger partial charge on any atom is 0.416 e. The molecule has 13 heteroatoms. The zero-order valence-electron chi connectivity index (χ0n) is 22.7. The lowest BCUT2D eigenvalue weighted by Gasteiger charge is -2.32. The van der Waals surface area contributed by atoms with E-state index in [-0.39, 0.29) is 35.6 Å². The van der Waals surface area contributed by atoms with E-state index in [0.717, 1.165) is 36.6 Å². The van der Waals surface area contributed by atoms with Crippen LogP contribution in [0.4, 0.5) is 19.0 Å². The Balaban J connectivity index is 1.37. The smallest absolute Gasteiger partial charge is 0.416 e. The van der Waals surface area contributed by atoms with Crippen LogP contribution in [0.15, 0.2) is 61.4 Å². The summed E-state index contributed by atoms with van der Waals surface area (Å²) in [6.07, 6.45) is -0.317. The fourth-order valence-electron chi connectivity index (χ4n) is 5.06. The van der Waals surface area contributed by atoms with E-state index in [1.807, 2.05) is 0 Å². The Morgan fingerprint density at radius 2 is 1.95 bits per heavy atom. The standard InChI is InChI=1S/C29H28F3N7O3/c1-3-23(40)38-12-4-5-20(15-38)39-27-24(26(33)35-16-36-27)25(37-39)18-8-6-17(7-9-18)14-34-28(41)21-13-19(29(30,31)32)10-11-22(21)42-2/h3,6-11,13,16,20H,1,4-5,12,14-15H2,2H3,(H,34,41)(H2,33,35,36). The molecule has 1 unspecified atom stereocenters. The van der Waals surface area contributed by atoms with Crippen molar-refractivity contribution in [1.82, 2.24) is 30.0 Å². The molecule has 2 aromatic carbocycles. The molecule has 0 spiro atoms. The first kappa shape index (κ1) is 28.6. The number of halogens is 3. The van der Waals surface area contributed by atoms with Crippen LogP contribution in [0.1, 0.15) is 40.4 Å². The highest BCUT2D eigenvalue weighted by Crippen LogP contribution is 2.35. The molecule has 1 fully saturated rings. The van der Waals surface area contributed by atoms with Crippen molar-refractivity contribution in [2.45, 2.75) is 31.6 Å². The van der Waals surface area contributed by atoms with E-state index in [2.05, 4.69) is 21.9 Å². The Hall–Kier alpha value is -4.94. The van der Waals surface area contributed by atoms with E-state index in [0.29, 0.717) is 35.4 Å². The maximum atomic E-state index is 13.2. The van der Waals surface area contributed by atoms with Crippen LogP contribution in [0.3, 0.4) is 0 Å². The fourth-order valence-corrected chi connectivity index (χ4v) is 5.06. The predicted molar refractivity (Wildman–Crippen MR) is 149 cm³/mol. The Labute approximate surface area is 239 Å². The molecule has 4 aromatic rings. The number of anilines is 1. The monoisotopic (exact) mass is 579 g/mol. The van der Waals surface area contributed by atoms with E-state index >= 15 is 0 Å². The second-order valence-electron chi connectivity index (χ2n) is 9.83. The molecule has 0 bridgehead atoms. The number of hydrogen-bond acceptors (Lipinski definition) is 7. The molecule has 0 saturated carbocycles. The third-order valence-electron chi connectivity index (χ3n) is 7.20. The van der Waals surface area contributed by atoms with Crippen LogP contribution in [0.25, 0.3) is 22.3 Å². The minimum atomic E-state index is -4.60. The number of carbonyl (C=O) groups excluding carboxylic acids is 2. The van der Waals surface area contributed by atoms with Crippen molar-refractivity contribution in [2.24, 2.45) is 0 Å². The van der Waals surface area contributed by atoms with E-state index in [9.17, 15) is 22.8 Å². The zero-order chi connectivity index (χ0) is 30.0. The number of benzene rings is 2. The molecular weight excluding hydrogens is 551 g/mol. The summed E-state index contributed by atoms with van der Waals surface area (Å²) < 4.78 is 46.4. The largest absolute Gasteiger partial charge is 0.496 e. The number of fused-ring (bicyclic) bond motifs is 1. The number of aromatic nitrogens is 4. The Kier molecular flexibility index (Phi) is 7.83. The van der Waals surface area contributed by atoms with Crippen LogP contribution >= 0.6 is 0 Å². The van der Waals surface area contributed by atoms with Crippen LogP contribution in [-0.2, 0) is 17.5 Å². The van der Waals surface area contributed by atoms with Crippen LogP contribution in [0.5, 0.6) is 5.75 Å². The Bertz CT molecular complexity index is 1650. The molecule has 1 saturated heterocycles. The highest BCUT2D eigenvalue weighted by Gasteiger charge is 2.32. The molecule has 5 rings (SSSR count). The fraction of sp³-hybridized carbons (Fsp3) is 0.276. The van der Waals surface area contributed by atoms with Gasteiger partial charge in [0, 0.05) is 25.2 Å². The van der Waals surface area contributed by atoms with Gasteiger partial charge in [0.15, 0.2) is 5.65 Å². The average molecular weight is 580 g/mol. The summed E-state index contributed by atoms with van der Waals surface area (Å²) in [5.74, 6) is -0.539. The molecule has 10 nitrogen and oxygen atoms in total. The van der Waals surface area contributed by atoms with Crippen molar-refractivity contribution < 1.29 is 27.5 Å². The number of rotatable bonds is 7. The van der Waals surface area contributed by atoms with Crippen molar-refractivity contribution in [1.29, 1.82) is 0 Å². The van der Waals surface area contributed by atoms with Crippen LogP contribution in [0, 0.1) is 0 Å². The van der Waals surface area contributed by atoms with E-state index in [1.54, 1.807) is 33.8 Å². The number of nitrogens with two attached hydrogens (primary N) is 1. The van der Waals surface area contributed by atoms with Gasteiger partial charge in [-0.25, -0.2) is 14.6 Å². The van der Waals surface area contributed by atoms with Crippen LogP contribution in [0.2, 0.25) is 0 Å². The number of alkyl halides is 3. The number of likely N-dealkylation sites (tertiary alicyclic amines) is 1. The first-order chi connectivity index (χ1) is 20.1. The zero-order valence-corrected chi connectivity index (χ0v) is 22.7. The van der Waals surface area contributed by atoms with Gasteiger partial charge in [0.05, 0.1) is 29.7 Å². The number of ether oxygens (including phenoxy) is 1. The lowest BCUT2D eigenvalue weighted by atomic mass is 10.1. The van der Waals surface area contributed by atoms with E-state index in [4.69, 9.17) is 15.6 Å². The molecule has 42 heavy (non-hydrogen) atoms. The van der Waals surface area contributed by atoms with Gasteiger partial charge >= 0.3 is 6.18 Å². The number of nitrogens with zero attached hydrogens (tertiary/aromatic N) is 5. The minimum Gasteiger partial charge on any atom is -0.496 e. The topological polar surface area (TPSA) is 128 Å². The van der Waals surface area contributed by atoms with Crippen molar-refractivity contribution in [3.05, 3.63) is 78.1 Å². The van der Waals surface area contributed by atoms with Gasteiger partial charge < -0.3 is 20.7 Å². The van der Waals surface area contributed by atoms with Gasteiger partial charge in [-0.3, -0.25) is 9.59 Å². The molecule has 1 aliphatic rings. The lowest BCUT2D eigenvalue weighted by Crippen LogP contribution is -2.40. The van der Waals surface area contributed by atoms with E-state index < -0.39 is 17.6 Å². The van der Waals surface area contributed by atoms with Crippen LogP contribution < -0.4 is 15.8 Å². The highest BCUT2D eigenvalue weighted by atomic mass is 19.4. The van der Waals surface area contributed by atoms with Crippen molar-refractivity contribution in [2.75, 3.05) is 25.9 Å². The lowest BCUT2D eigenvalue weighted by molar-refractivity contribution is -0.137. The molecule has 0 radical (unpaired) electrons. The molecule has 218 valence electrons. The highest BCUT2D eigenvalue weighted by molar-refractivity contribution is 5.98. The number of piperidine rings is 1. The predicted octanol–water partition coefficient (Wildman–Crippen LogP) is 4.38. The van der Waals surface area contributed by atoms with Gasteiger partial charge in [-0.2, -0.15) is 18.3 Å². The Morgan fingerprint density at radius 1 is 1.19 bits per heavy atom. The SMILES string of the molecule is C=CC(=O)N1CCCC(n2nc(-c3ccc(CNC(=O)c4cc(C(F)(F)F)ccc4OC)cc3)c3c(N)ncnc32)C1. The molecule has 3 heterocycles. The van der Waals surface area contributed by atoms with Gasteiger partial charge in [-0.15, -0.1) is 0 Å². The Morgan fingerprint density at radius 3 is 2.64 bits per heavy atom. The molecule has 2 aromatic heterocycles. The van der Waals surface area contributed by atoms with Gasteiger partial charge in [0.2, 0.25) is 5.91 Å². The molecule has 2 amide bonds. The van der Waals surface area contributed by atoms with Gasteiger partial charge in [-0.05, 0) is 42.7 Å². The van der Waals surface area contributed by atoms with Crippen molar-refractivity contribution in [3.8, 4) is 17.0 Å². The summed E-state index contributed by atoms with van der Waals surface area (Å²) >= 11 is 0. The average Bonchev–Trinajstić information content (AvgIpc) is 3.40. The number of carbonyl (C=O) groups is 2. The van der Waals surface area contributed by atoms with Gasteiger partial charge in [-0.1, -0.05) is 30.8 Å². The number of nitrogens with one attached hydrogen (secondary N) is 1. The molecule has 1 aliphatic heterocycles. The van der Waals surface area contributed by atoms with E-state index in [1.165, 1.54) is 19.5 Å². The number of nitrogen functional groups attached to an aromatic ring is 1. The summed E-state index contributed by atoms with van der Waals surface area (Å²) in [5, 5.41) is 8.08. The minimum absolute atomic E-state index is 0.0352. The summed E-state index contributed by atoms with van der Waals surface area (Å²) in [7, 11) is 1.28. The van der Waals surface area contributed by atoms with Crippen molar-refractivity contribution >= 4 is 28.7 Å². The molecule has 1 atom stereocenters. The molecular formula is C29H28F3N7O3. The quantitative estimate of drug-likeness (QED) is 0.311. The van der Waals surface area contributed by atoms with Gasteiger partial charge in [0.1, 0.15) is 23.6 Å². The first-order valence-electron chi connectivity index (χ1n) is 13.1. The number of methoxy groups -OCH3 is 1. The number of amides is 2. The van der Waals surface area contributed by atoms with Crippen molar-refractivity contribution in [3.63, 3.8) is 0 Å². The van der Waals surface area contributed by atoms with Crippen LogP contribution in [-0.4, -0.2) is 56.7 Å².